The van der Waals surface area contributed by atoms with Crippen molar-refractivity contribution in [2.75, 3.05) is 13.2 Å². The van der Waals surface area contributed by atoms with Crippen LogP contribution < -0.4 is 0 Å². The van der Waals surface area contributed by atoms with Crippen molar-refractivity contribution in [3.63, 3.8) is 0 Å². The number of rotatable bonds is 43. The quantitative estimate of drug-likeness (QED) is 0.0265. The van der Waals surface area contributed by atoms with Gasteiger partial charge in [-0.15, -0.1) is 0 Å². The van der Waals surface area contributed by atoms with E-state index in [0.717, 1.165) is 109 Å². The molecule has 6 heteroatoms. The smallest absolute Gasteiger partial charge is 0.306 e. The van der Waals surface area contributed by atoms with E-state index in [4.69, 9.17) is 14.2 Å². The number of carbonyl (C=O) groups excluding carboxylic acids is 3. The van der Waals surface area contributed by atoms with Crippen molar-refractivity contribution in [3.05, 3.63) is 48.6 Å². The third-order valence-corrected chi connectivity index (χ3v) is 10.3. The second-order valence-electron chi connectivity index (χ2n) is 16.0. The van der Waals surface area contributed by atoms with Crippen molar-refractivity contribution in [3.8, 4) is 0 Å². The van der Waals surface area contributed by atoms with E-state index in [0.29, 0.717) is 19.3 Å². The summed E-state index contributed by atoms with van der Waals surface area (Å²) >= 11 is 0. The minimum atomic E-state index is -0.780. The Morgan fingerprint density at radius 3 is 1.09 bits per heavy atom. The van der Waals surface area contributed by atoms with Crippen LogP contribution in [0, 0.1) is 0 Å². The highest BCUT2D eigenvalue weighted by atomic mass is 16.6. The summed E-state index contributed by atoms with van der Waals surface area (Å²) in [5.41, 5.74) is 0. The van der Waals surface area contributed by atoms with Crippen LogP contribution >= 0.6 is 0 Å². The third-order valence-electron chi connectivity index (χ3n) is 10.3. The van der Waals surface area contributed by atoms with Gasteiger partial charge in [-0.2, -0.15) is 0 Å². The number of carbonyl (C=O) groups is 3. The summed E-state index contributed by atoms with van der Waals surface area (Å²) in [7, 11) is 0. The predicted octanol–water partition coefficient (Wildman–Crippen LogP) is 15.5. The van der Waals surface area contributed by atoms with E-state index in [2.05, 4.69) is 69.4 Å². The van der Waals surface area contributed by atoms with Gasteiger partial charge in [-0.1, -0.05) is 191 Å². The molecular weight excluding hydrogens is 709 g/mol. The molecule has 0 aliphatic carbocycles. The number of allylic oxidation sites excluding steroid dienone is 8. The Kier molecular flexibility index (Phi) is 43.9. The van der Waals surface area contributed by atoms with Gasteiger partial charge < -0.3 is 14.2 Å². The van der Waals surface area contributed by atoms with E-state index in [1.165, 1.54) is 89.9 Å². The Hall–Kier alpha value is -2.63. The lowest BCUT2D eigenvalue weighted by molar-refractivity contribution is -0.167. The molecule has 0 saturated carbocycles. The topological polar surface area (TPSA) is 78.9 Å². The zero-order valence-electron chi connectivity index (χ0n) is 37.6. The zero-order valence-corrected chi connectivity index (χ0v) is 37.6. The van der Waals surface area contributed by atoms with Crippen molar-refractivity contribution >= 4 is 17.9 Å². The number of hydrogen-bond acceptors (Lipinski definition) is 6. The van der Waals surface area contributed by atoms with E-state index in [1.54, 1.807) is 0 Å². The van der Waals surface area contributed by atoms with Gasteiger partial charge in [0.05, 0.1) is 0 Å². The van der Waals surface area contributed by atoms with Gasteiger partial charge in [-0.3, -0.25) is 14.4 Å². The summed E-state index contributed by atoms with van der Waals surface area (Å²) in [6, 6.07) is 0. The fourth-order valence-corrected chi connectivity index (χ4v) is 6.69. The molecule has 6 nitrogen and oxygen atoms in total. The molecule has 1 unspecified atom stereocenters. The van der Waals surface area contributed by atoms with Crippen LogP contribution in [0.4, 0.5) is 0 Å². The number of hydrogen-bond donors (Lipinski definition) is 0. The maximum Gasteiger partial charge on any atom is 0.306 e. The van der Waals surface area contributed by atoms with Gasteiger partial charge in [0.15, 0.2) is 6.10 Å². The van der Waals surface area contributed by atoms with Gasteiger partial charge in [0, 0.05) is 19.3 Å². The zero-order chi connectivity index (χ0) is 41.5. The molecule has 0 rings (SSSR count). The molecule has 330 valence electrons. The fourth-order valence-electron chi connectivity index (χ4n) is 6.69. The second kappa shape index (κ2) is 46.1. The lowest BCUT2D eigenvalue weighted by atomic mass is 10.1. The van der Waals surface area contributed by atoms with Gasteiger partial charge in [-0.05, 0) is 77.0 Å². The fraction of sp³-hybridized carbons (Fsp3) is 0.784. The molecule has 0 spiro atoms. The Morgan fingerprint density at radius 2 is 0.684 bits per heavy atom. The summed E-state index contributed by atoms with van der Waals surface area (Å²) in [5.74, 6) is -0.905. The van der Waals surface area contributed by atoms with Gasteiger partial charge in [-0.25, -0.2) is 0 Å². The Balaban J connectivity index is 4.39. The maximum absolute atomic E-state index is 12.7. The largest absolute Gasteiger partial charge is 0.462 e. The standard InChI is InChI=1S/C51H90O6/c1-4-7-10-13-16-19-22-24-26-28-29-32-35-38-41-44-50(53)56-47-48(46-55-49(52)43-40-37-34-31-21-18-15-12-9-6-3)57-51(54)45-42-39-36-33-30-27-25-23-20-17-14-11-8-5-2/h7,10,16,19,23-26,48H,4-6,8-9,11-15,17-18,20-22,27-47H2,1-3H3/b10-7-,19-16-,25-23-,26-24-. The monoisotopic (exact) mass is 799 g/mol. The highest BCUT2D eigenvalue weighted by Crippen LogP contribution is 2.14. The molecule has 0 aromatic rings. The van der Waals surface area contributed by atoms with Crippen molar-refractivity contribution in [1.29, 1.82) is 0 Å². The number of ether oxygens (including phenoxy) is 3. The number of unbranched alkanes of at least 4 members (excludes halogenated alkanes) is 24. The summed E-state index contributed by atoms with van der Waals surface area (Å²) in [4.78, 5) is 37.8. The minimum Gasteiger partial charge on any atom is -0.462 e. The molecule has 0 bridgehead atoms. The Bertz CT molecular complexity index is 1010. The average molecular weight is 799 g/mol. The van der Waals surface area contributed by atoms with Crippen molar-refractivity contribution in [2.45, 2.75) is 245 Å². The summed E-state index contributed by atoms with van der Waals surface area (Å²) in [6.07, 6.45) is 53.7. The van der Waals surface area contributed by atoms with E-state index in [9.17, 15) is 14.4 Å². The first-order chi connectivity index (χ1) is 28.0. The molecule has 0 aromatic carbocycles. The molecule has 0 saturated heterocycles. The molecule has 0 aromatic heterocycles. The Morgan fingerprint density at radius 1 is 0.368 bits per heavy atom. The van der Waals surface area contributed by atoms with E-state index >= 15 is 0 Å². The van der Waals surface area contributed by atoms with Crippen LogP contribution in [0.25, 0.3) is 0 Å². The minimum absolute atomic E-state index is 0.0804. The Labute approximate surface area is 352 Å². The third kappa shape index (κ3) is 44.3. The van der Waals surface area contributed by atoms with Crippen LogP contribution in [0.2, 0.25) is 0 Å². The predicted molar refractivity (Wildman–Crippen MR) is 242 cm³/mol. The normalized spacial score (nSPS) is 12.4. The van der Waals surface area contributed by atoms with E-state index < -0.39 is 6.10 Å². The molecule has 0 heterocycles. The molecule has 0 radical (unpaired) electrons. The van der Waals surface area contributed by atoms with Gasteiger partial charge in [0.1, 0.15) is 13.2 Å². The van der Waals surface area contributed by atoms with Crippen molar-refractivity contribution in [2.24, 2.45) is 0 Å². The van der Waals surface area contributed by atoms with Gasteiger partial charge in [0.25, 0.3) is 0 Å². The van der Waals surface area contributed by atoms with Crippen molar-refractivity contribution < 1.29 is 28.6 Å². The summed E-state index contributed by atoms with van der Waals surface area (Å²) < 4.78 is 16.7. The first-order valence-corrected chi connectivity index (χ1v) is 24.1. The van der Waals surface area contributed by atoms with Crippen LogP contribution in [-0.4, -0.2) is 37.2 Å². The lowest BCUT2D eigenvalue weighted by Crippen LogP contribution is -2.30. The van der Waals surface area contributed by atoms with Gasteiger partial charge in [0.2, 0.25) is 0 Å². The first kappa shape index (κ1) is 54.4. The lowest BCUT2D eigenvalue weighted by Gasteiger charge is -2.18. The molecule has 0 aliphatic rings. The van der Waals surface area contributed by atoms with Gasteiger partial charge >= 0.3 is 17.9 Å². The highest BCUT2D eigenvalue weighted by molar-refractivity contribution is 5.71. The maximum atomic E-state index is 12.7. The molecule has 0 aliphatic heterocycles. The highest BCUT2D eigenvalue weighted by Gasteiger charge is 2.19. The molecular formula is C51H90O6. The van der Waals surface area contributed by atoms with Crippen molar-refractivity contribution in [1.82, 2.24) is 0 Å². The van der Waals surface area contributed by atoms with E-state index in [-0.39, 0.29) is 31.1 Å². The molecule has 0 fully saturated rings. The average Bonchev–Trinajstić information content (AvgIpc) is 3.21. The van der Waals surface area contributed by atoms with Crippen LogP contribution in [0.5, 0.6) is 0 Å². The summed E-state index contributed by atoms with van der Waals surface area (Å²) in [5, 5.41) is 0. The van der Waals surface area contributed by atoms with Crippen LogP contribution in [0.3, 0.4) is 0 Å². The second-order valence-corrected chi connectivity index (χ2v) is 16.0. The molecule has 57 heavy (non-hydrogen) atoms. The van der Waals surface area contributed by atoms with E-state index in [1.807, 2.05) is 0 Å². The summed E-state index contributed by atoms with van der Waals surface area (Å²) in [6.45, 7) is 6.48. The number of esters is 3. The van der Waals surface area contributed by atoms with Crippen LogP contribution in [-0.2, 0) is 28.6 Å². The molecule has 0 amide bonds. The SMILES string of the molecule is CC/C=C\C/C=C\C/C=C\CCCCCCCC(=O)OCC(COC(=O)CCCCCCCCCCCC)OC(=O)CCCCCCC/C=C\CCCCCCC. The molecule has 0 N–H and O–H groups in total. The van der Waals surface area contributed by atoms with Crippen LogP contribution in [0.15, 0.2) is 48.6 Å². The molecule has 1 atom stereocenters. The van der Waals surface area contributed by atoms with Crippen LogP contribution in [0.1, 0.15) is 239 Å². The first-order valence-electron chi connectivity index (χ1n) is 24.1.